The fraction of sp³-hybridized carbons (Fsp3) is 0.692. The highest BCUT2D eigenvalue weighted by Crippen LogP contribution is 2.44. The Morgan fingerprint density at radius 1 is 1.56 bits per heavy atom. The van der Waals surface area contributed by atoms with E-state index in [4.69, 9.17) is 5.73 Å². The van der Waals surface area contributed by atoms with Crippen LogP contribution in [0.1, 0.15) is 33.6 Å². The predicted octanol–water partition coefficient (Wildman–Crippen LogP) is 1.75. The second-order valence-electron chi connectivity index (χ2n) is 5.88. The molecule has 0 aromatic carbocycles. The molecule has 0 saturated heterocycles. The SMILES string of the molecule is CC1C(N)CCC(C(=O)Nc2cn[nH]c2)C1(C)C. The monoisotopic (exact) mass is 250 g/mol. The molecule has 2 rings (SSSR count). The topological polar surface area (TPSA) is 83.8 Å². The summed E-state index contributed by atoms with van der Waals surface area (Å²) in [6.07, 6.45) is 5.06. The smallest absolute Gasteiger partial charge is 0.228 e. The Bertz CT molecular complexity index is 413. The van der Waals surface area contributed by atoms with Gasteiger partial charge in [-0.25, -0.2) is 0 Å². The zero-order valence-electron chi connectivity index (χ0n) is 11.2. The van der Waals surface area contributed by atoms with Crippen molar-refractivity contribution in [2.24, 2.45) is 23.0 Å². The van der Waals surface area contributed by atoms with Gasteiger partial charge < -0.3 is 11.1 Å². The van der Waals surface area contributed by atoms with Gasteiger partial charge in [-0.3, -0.25) is 9.89 Å². The molecule has 1 aromatic heterocycles. The number of nitrogens with one attached hydrogen (secondary N) is 2. The van der Waals surface area contributed by atoms with E-state index in [9.17, 15) is 4.79 Å². The lowest BCUT2D eigenvalue weighted by molar-refractivity contribution is -0.127. The van der Waals surface area contributed by atoms with Gasteiger partial charge in [0.25, 0.3) is 0 Å². The van der Waals surface area contributed by atoms with E-state index in [1.54, 1.807) is 12.4 Å². The van der Waals surface area contributed by atoms with Gasteiger partial charge in [0.05, 0.1) is 11.9 Å². The van der Waals surface area contributed by atoms with E-state index in [-0.39, 0.29) is 23.3 Å². The summed E-state index contributed by atoms with van der Waals surface area (Å²) < 4.78 is 0. The summed E-state index contributed by atoms with van der Waals surface area (Å²) in [5.74, 6) is 0.411. The Morgan fingerprint density at radius 2 is 2.28 bits per heavy atom. The number of aromatic amines is 1. The van der Waals surface area contributed by atoms with E-state index in [0.29, 0.717) is 5.92 Å². The summed E-state index contributed by atoms with van der Waals surface area (Å²) in [7, 11) is 0. The van der Waals surface area contributed by atoms with Crippen molar-refractivity contribution in [3.05, 3.63) is 12.4 Å². The van der Waals surface area contributed by atoms with Crippen molar-refractivity contribution in [2.75, 3.05) is 5.32 Å². The predicted molar refractivity (Wildman–Crippen MR) is 70.9 cm³/mol. The number of nitrogens with two attached hydrogens (primary N) is 1. The molecule has 100 valence electrons. The van der Waals surface area contributed by atoms with Gasteiger partial charge in [-0.1, -0.05) is 20.8 Å². The number of hydrogen-bond acceptors (Lipinski definition) is 3. The molecule has 0 radical (unpaired) electrons. The molecule has 1 aliphatic carbocycles. The lowest BCUT2D eigenvalue weighted by Gasteiger charge is -2.45. The molecule has 3 unspecified atom stereocenters. The van der Waals surface area contributed by atoms with Crippen LogP contribution in [0.5, 0.6) is 0 Å². The van der Waals surface area contributed by atoms with Gasteiger partial charge >= 0.3 is 0 Å². The van der Waals surface area contributed by atoms with Gasteiger partial charge in [0.15, 0.2) is 0 Å². The molecule has 5 heteroatoms. The highest BCUT2D eigenvalue weighted by atomic mass is 16.1. The molecular formula is C13H22N4O. The van der Waals surface area contributed by atoms with Crippen LogP contribution >= 0.6 is 0 Å². The van der Waals surface area contributed by atoms with Crippen LogP contribution in [-0.4, -0.2) is 22.1 Å². The van der Waals surface area contributed by atoms with Gasteiger partial charge in [0.1, 0.15) is 0 Å². The minimum atomic E-state index is -0.0779. The maximum Gasteiger partial charge on any atom is 0.228 e. The van der Waals surface area contributed by atoms with E-state index in [2.05, 4.69) is 36.3 Å². The maximum absolute atomic E-state index is 12.3. The number of H-pyrrole nitrogens is 1. The van der Waals surface area contributed by atoms with Gasteiger partial charge in [-0.15, -0.1) is 0 Å². The molecule has 4 N–H and O–H groups in total. The average molecular weight is 250 g/mol. The zero-order valence-corrected chi connectivity index (χ0v) is 11.2. The summed E-state index contributed by atoms with van der Waals surface area (Å²) in [5.41, 5.74) is 6.75. The van der Waals surface area contributed by atoms with Crippen LogP contribution < -0.4 is 11.1 Å². The summed E-state index contributed by atoms with van der Waals surface area (Å²) in [6.45, 7) is 6.41. The fourth-order valence-corrected chi connectivity index (χ4v) is 2.87. The molecule has 1 heterocycles. The van der Waals surface area contributed by atoms with Crippen LogP contribution in [0.3, 0.4) is 0 Å². The second-order valence-corrected chi connectivity index (χ2v) is 5.88. The normalized spacial score (nSPS) is 31.0. The van der Waals surface area contributed by atoms with E-state index < -0.39 is 0 Å². The Kier molecular flexibility index (Phi) is 3.43. The largest absolute Gasteiger partial charge is 0.327 e. The number of anilines is 1. The van der Waals surface area contributed by atoms with Crippen molar-refractivity contribution in [3.8, 4) is 0 Å². The Balaban J connectivity index is 2.10. The molecule has 1 fully saturated rings. The molecule has 3 atom stereocenters. The van der Waals surface area contributed by atoms with Crippen LogP contribution in [-0.2, 0) is 4.79 Å². The third-order valence-electron chi connectivity index (χ3n) is 4.58. The first-order valence-electron chi connectivity index (χ1n) is 6.48. The van der Waals surface area contributed by atoms with Crippen molar-refractivity contribution in [2.45, 2.75) is 39.7 Å². The highest BCUT2D eigenvalue weighted by Gasteiger charge is 2.44. The van der Waals surface area contributed by atoms with Crippen LogP contribution in [0.25, 0.3) is 0 Å². The van der Waals surface area contributed by atoms with Gasteiger partial charge in [-0.2, -0.15) is 5.10 Å². The summed E-state index contributed by atoms with van der Waals surface area (Å²) in [5, 5.41) is 9.42. The van der Waals surface area contributed by atoms with Gasteiger partial charge in [0, 0.05) is 18.2 Å². The van der Waals surface area contributed by atoms with Crippen molar-refractivity contribution < 1.29 is 4.79 Å². The third-order valence-corrected chi connectivity index (χ3v) is 4.58. The van der Waals surface area contributed by atoms with Crippen molar-refractivity contribution in [3.63, 3.8) is 0 Å². The number of carbonyl (C=O) groups is 1. The number of rotatable bonds is 2. The molecule has 1 amide bonds. The lowest BCUT2D eigenvalue weighted by Crippen LogP contribution is -2.50. The van der Waals surface area contributed by atoms with E-state index in [1.165, 1.54) is 0 Å². The lowest BCUT2D eigenvalue weighted by atomic mass is 9.61. The molecule has 5 nitrogen and oxygen atoms in total. The first-order valence-corrected chi connectivity index (χ1v) is 6.48. The molecule has 1 aromatic rings. The van der Waals surface area contributed by atoms with Crippen LogP contribution in [0, 0.1) is 17.3 Å². The van der Waals surface area contributed by atoms with Crippen molar-refractivity contribution in [1.29, 1.82) is 0 Å². The quantitative estimate of drug-likeness (QED) is 0.747. The van der Waals surface area contributed by atoms with Crippen LogP contribution in [0.4, 0.5) is 5.69 Å². The van der Waals surface area contributed by atoms with E-state index >= 15 is 0 Å². The fourth-order valence-electron chi connectivity index (χ4n) is 2.87. The summed E-state index contributed by atoms with van der Waals surface area (Å²) >= 11 is 0. The van der Waals surface area contributed by atoms with Crippen molar-refractivity contribution >= 4 is 11.6 Å². The second kappa shape index (κ2) is 4.72. The summed E-state index contributed by atoms with van der Waals surface area (Å²) in [6, 6.07) is 0.193. The third kappa shape index (κ3) is 2.27. The Labute approximate surface area is 108 Å². The molecule has 18 heavy (non-hydrogen) atoms. The highest BCUT2D eigenvalue weighted by molar-refractivity contribution is 5.92. The molecule has 1 saturated carbocycles. The number of nitrogens with zero attached hydrogens (tertiary/aromatic N) is 1. The zero-order chi connectivity index (χ0) is 13.3. The minimum Gasteiger partial charge on any atom is -0.327 e. The standard InChI is InChI=1S/C13H22N4O/c1-8-11(14)5-4-10(13(8,2)3)12(18)17-9-6-15-16-7-9/h6-8,10-11H,4-5,14H2,1-3H3,(H,15,16)(H,17,18). The molecule has 0 bridgehead atoms. The molecular weight excluding hydrogens is 228 g/mol. The molecule has 0 spiro atoms. The minimum absolute atomic E-state index is 0.00204. The summed E-state index contributed by atoms with van der Waals surface area (Å²) in [4.78, 5) is 12.3. The van der Waals surface area contributed by atoms with Crippen molar-refractivity contribution in [1.82, 2.24) is 10.2 Å². The molecule has 0 aliphatic heterocycles. The number of aromatic nitrogens is 2. The van der Waals surface area contributed by atoms with E-state index in [1.807, 2.05) is 0 Å². The van der Waals surface area contributed by atoms with Gasteiger partial charge in [-0.05, 0) is 24.2 Å². The van der Waals surface area contributed by atoms with Gasteiger partial charge in [0.2, 0.25) is 5.91 Å². The average Bonchev–Trinajstić information content (AvgIpc) is 2.78. The Hall–Kier alpha value is -1.36. The first kappa shape index (κ1) is 13.1. The van der Waals surface area contributed by atoms with Crippen LogP contribution in [0.15, 0.2) is 12.4 Å². The first-order chi connectivity index (χ1) is 8.43. The Morgan fingerprint density at radius 3 is 2.89 bits per heavy atom. The molecule has 1 aliphatic rings. The maximum atomic E-state index is 12.3. The number of hydrogen-bond donors (Lipinski definition) is 3. The number of carbonyl (C=O) groups excluding carboxylic acids is 1. The number of amides is 1. The van der Waals surface area contributed by atoms with Crippen LogP contribution in [0.2, 0.25) is 0 Å². The van der Waals surface area contributed by atoms with E-state index in [0.717, 1.165) is 18.5 Å².